The SMILES string of the molecule is NC(N)=N[NH+]=Cc1ccc(O)cc1O. The molecule has 74 valence electrons. The molecular formula is C8H11N4O2+. The quantitative estimate of drug-likeness (QED) is 0.209. The van der Waals surface area contributed by atoms with E-state index in [1.807, 2.05) is 0 Å². The van der Waals surface area contributed by atoms with E-state index < -0.39 is 0 Å². The maximum atomic E-state index is 9.31. The Hall–Kier alpha value is -2.24. The van der Waals surface area contributed by atoms with E-state index in [2.05, 4.69) is 10.2 Å². The van der Waals surface area contributed by atoms with Crippen molar-refractivity contribution >= 4 is 12.2 Å². The van der Waals surface area contributed by atoms with Crippen LogP contribution < -0.4 is 16.6 Å². The Kier molecular flexibility index (Phi) is 2.90. The summed E-state index contributed by atoms with van der Waals surface area (Å²) in [7, 11) is 0. The number of hydrogen-bond acceptors (Lipinski definition) is 3. The van der Waals surface area contributed by atoms with Gasteiger partial charge in [-0.2, -0.15) is 0 Å². The van der Waals surface area contributed by atoms with Crippen molar-refractivity contribution in [2.75, 3.05) is 0 Å². The van der Waals surface area contributed by atoms with Crippen LogP contribution in [0.2, 0.25) is 0 Å². The van der Waals surface area contributed by atoms with Crippen molar-refractivity contribution in [2.45, 2.75) is 0 Å². The Balaban J connectivity index is 2.87. The molecule has 14 heavy (non-hydrogen) atoms. The van der Waals surface area contributed by atoms with Crippen LogP contribution in [-0.2, 0) is 0 Å². The molecule has 0 amide bonds. The van der Waals surface area contributed by atoms with Crippen LogP contribution in [0.4, 0.5) is 0 Å². The molecule has 0 saturated carbocycles. The summed E-state index contributed by atoms with van der Waals surface area (Å²) in [6.45, 7) is 0. The van der Waals surface area contributed by atoms with Gasteiger partial charge in [0.1, 0.15) is 11.5 Å². The van der Waals surface area contributed by atoms with Gasteiger partial charge in [-0.15, -0.1) is 5.10 Å². The number of hydrogen-bond donors (Lipinski definition) is 5. The molecule has 0 heterocycles. The number of rotatable bonds is 2. The number of phenols is 2. The van der Waals surface area contributed by atoms with Crippen molar-refractivity contribution in [2.24, 2.45) is 16.6 Å². The maximum absolute atomic E-state index is 9.31. The molecule has 6 heteroatoms. The Labute approximate surface area is 80.2 Å². The van der Waals surface area contributed by atoms with E-state index in [0.29, 0.717) is 5.56 Å². The molecule has 0 aromatic heterocycles. The van der Waals surface area contributed by atoms with Crippen molar-refractivity contribution in [3.05, 3.63) is 23.8 Å². The summed E-state index contributed by atoms with van der Waals surface area (Å²) in [4.78, 5) is 0. The summed E-state index contributed by atoms with van der Waals surface area (Å²) in [5, 5.41) is 24.2. The van der Waals surface area contributed by atoms with Gasteiger partial charge in [0.25, 0.3) is 5.96 Å². The molecule has 0 unspecified atom stereocenters. The fraction of sp³-hybridized carbons (Fsp3) is 0. The molecular weight excluding hydrogens is 184 g/mol. The highest BCUT2D eigenvalue weighted by atomic mass is 16.3. The largest absolute Gasteiger partial charge is 0.508 e. The highest BCUT2D eigenvalue weighted by Crippen LogP contribution is 2.19. The first-order valence-corrected chi connectivity index (χ1v) is 3.79. The molecule has 0 aliphatic heterocycles. The van der Waals surface area contributed by atoms with Gasteiger partial charge < -0.3 is 21.7 Å². The Morgan fingerprint density at radius 2 is 2.07 bits per heavy atom. The predicted molar refractivity (Wildman–Crippen MR) is 51.7 cm³/mol. The number of nitrogens with two attached hydrogens (primary N) is 2. The third kappa shape index (κ3) is 2.67. The monoisotopic (exact) mass is 195 g/mol. The predicted octanol–water partition coefficient (Wildman–Crippen LogP) is -2.21. The lowest BCUT2D eigenvalue weighted by molar-refractivity contribution is -0.456. The average Bonchev–Trinajstić information content (AvgIpc) is 2.08. The second kappa shape index (κ2) is 4.13. The van der Waals surface area contributed by atoms with Crippen LogP contribution in [0.15, 0.2) is 23.3 Å². The van der Waals surface area contributed by atoms with Crippen molar-refractivity contribution < 1.29 is 15.3 Å². The van der Waals surface area contributed by atoms with E-state index in [1.54, 1.807) is 0 Å². The lowest BCUT2D eigenvalue weighted by atomic mass is 10.2. The smallest absolute Gasteiger partial charge is 0.256 e. The highest BCUT2D eigenvalue weighted by molar-refractivity contribution is 5.80. The van der Waals surface area contributed by atoms with Gasteiger partial charge in [-0.1, -0.05) is 0 Å². The summed E-state index contributed by atoms with van der Waals surface area (Å²) < 4.78 is 0. The van der Waals surface area contributed by atoms with Gasteiger partial charge in [-0.25, -0.2) is 0 Å². The van der Waals surface area contributed by atoms with Crippen LogP contribution in [0.25, 0.3) is 0 Å². The molecule has 0 radical (unpaired) electrons. The normalized spacial score (nSPS) is 10.3. The number of benzene rings is 1. The van der Waals surface area contributed by atoms with Gasteiger partial charge in [0.2, 0.25) is 6.21 Å². The second-order valence-electron chi connectivity index (χ2n) is 2.55. The standard InChI is InChI=1S/C8H10N4O2/c9-8(10)12-11-4-5-1-2-6(13)3-7(5)14/h1-4,13-14H,(H4,9,10,12)/p+1. The van der Waals surface area contributed by atoms with Crippen molar-refractivity contribution in [3.8, 4) is 11.5 Å². The molecule has 7 N–H and O–H groups in total. The lowest BCUT2D eigenvalue weighted by Gasteiger charge is -1.95. The third-order valence-corrected chi connectivity index (χ3v) is 1.43. The molecule has 1 aromatic rings. The van der Waals surface area contributed by atoms with Crippen LogP contribution in [0.1, 0.15) is 5.56 Å². The molecule has 0 saturated heterocycles. The molecule has 0 spiro atoms. The average molecular weight is 195 g/mol. The lowest BCUT2D eigenvalue weighted by Crippen LogP contribution is -2.63. The molecule has 1 rings (SSSR count). The zero-order valence-electron chi connectivity index (χ0n) is 7.31. The number of guanidine groups is 1. The minimum atomic E-state index is -0.112. The van der Waals surface area contributed by atoms with Crippen LogP contribution in [0.3, 0.4) is 0 Å². The van der Waals surface area contributed by atoms with Gasteiger partial charge in [0, 0.05) is 11.2 Å². The Morgan fingerprint density at radius 1 is 1.36 bits per heavy atom. The highest BCUT2D eigenvalue weighted by Gasteiger charge is 2.01. The van der Waals surface area contributed by atoms with E-state index in [1.165, 1.54) is 24.4 Å². The van der Waals surface area contributed by atoms with E-state index in [-0.39, 0.29) is 17.5 Å². The summed E-state index contributed by atoms with van der Waals surface area (Å²) >= 11 is 0. The number of hydrazone groups is 1. The van der Waals surface area contributed by atoms with Crippen molar-refractivity contribution in [3.63, 3.8) is 0 Å². The minimum absolute atomic E-state index is 0.0125. The number of nitrogens with one attached hydrogen (secondary N) is 1. The topological polar surface area (TPSA) is 119 Å². The zero-order valence-corrected chi connectivity index (χ0v) is 7.31. The summed E-state index contributed by atoms with van der Waals surface area (Å²) in [5.41, 5.74) is 10.6. The van der Waals surface area contributed by atoms with Crippen LogP contribution >= 0.6 is 0 Å². The maximum Gasteiger partial charge on any atom is 0.256 e. The van der Waals surface area contributed by atoms with E-state index in [4.69, 9.17) is 16.6 Å². The summed E-state index contributed by atoms with van der Waals surface area (Å²) in [6, 6.07) is 4.16. The van der Waals surface area contributed by atoms with E-state index in [0.717, 1.165) is 0 Å². The Morgan fingerprint density at radius 3 is 2.64 bits per heavy atom. The van der Waals surface area contributed by atoms with Gasteiger partial charge in [-0.3, -0.25) is 0 Å². The number of aromatic hydroxyl groups is 2. The van der Waals surface area contributed by atoms with Gasteiger partial charge in [0.05, 0.1) is 5.56 Å². The summed E-state index contributed by atoms with van der Waals surface area (Å²) in [5.74, 6) is -0.190. The fourth-order valence-corrected chi connectivity index (χ4v) is 0.830. The van der Waals surface area contributed by atoms with Gasteiger partial charge in [-0.05, 0) is 12.1 Å². The van der Waals surface area contributed by atoms with Gasteiger partial charge >= 0.3 is 0 Å². The van der Waals surface area contributed by atoms with E-state index >= 15 is 0 Å². The van der Waals surface area contributed by atoms with Gasteiger partial charge in [0.15, 0.2) is 0 Å². The molecule has 6 nitrogen and oxygen atoms in total. The van der Waals surface area contributed by atoms with Crippen LogP contribution in [0, 0.1) is 0 Å². The number of nitrogens with zero attached hydrogens (tertiary/aromatic N) is 1. The molecule has 0 bridgehead atoms. The molecule has 0 aliphatic carbocycles. The zero-order chi connectivity index (χ0) is 10.6. The van der Waals surface area contributed by atoms with Crippen LogP contribution in [0.5, 0.6) is 11.5 Å². The first kappa shape index (κ1) is 9.85. The number of phenolic OH excluding ortho intramolecular Hbond substituents is 2. The summed E-state index contributed by atoms with van der Waals surface area (Å²) in [6.07, 6.45) is 1.40. The molecule has 1 aromatic carbocycles. The third-order valence-electron chi connectivity index (χ3n) is 1.43. The van der Waals surface area contributed by atoms with Crippen molar-refractivity contribution in [1.29, 1.82) is 0 Å². The fourth-order valence-electron chi connectivity index (χ4n) is 0.830. The molecule has 0 aliphatic rings. The minimum Gasteiger partial charge on any atom is -0.508 e. The first-order valence-electron chi connectivity index (χ1n) is 3.79. The second-order valence-corrected chi connectivity index (χ2v) is 2.55. The molecule has 0 fully saturated rings. The first-order chi connectivity index (χ1) is 6.59. The Bertz CT molecular complexity index is 383. The van der Waals surface area contributed by atoms with E-state index in [9.17, 15) is 5.11 Å². The van der Waals surface area contributed by atoms with Crippen LogP contribution in [-0.4, -0.2) is 22.4 Å². The molecule has 0 atom stereocenters. The van der Waals surface area contributed by atoms with Crippen molar-refractivity contribution in [1.82, 2.24) is 0 Å².